The number of fused-ring (bicyclic) bond motifs is 4. The largest absolute Gasteiger partial charge is 0.461 e. The van der Waals surface area contributed by atoms with Crippen molar-refractivity contribution in [2.24, 2.45) is 0 Å². The number of hydrogen-bond donors (Lipinski definition) is 11. The number of anilines is 4. The number of aryl methyl sites for hydroxylation is 10. The lowest BCUT2D eigenvalue weighted by Crippen LogP contribution is -2.19. The molecule has 0 saturated carbocycles. The van der Waals surface area contributed by atoms with Crippen LogP contribution in [0, 0.1) is 75.1 Å². The molecule has 8 aromatic carbocycles. The van der Waals surface area contributed by atoms with E-state index in [1.54, 1.807) is 125 Å². The minimum Gasteiger partial charge on any atom is -0.461 e. The fourth-order valence-corrected chi connectivity index (χ4v) is 16.2. The third-order valence-electron chi connectivity index (χ3n) is 15.9. The standard InChI is InChI=1S/C19H20N2O5S.C18H18N2O4S.C17H15FN2O5S.C17H16N2O5S/c1-10-7-11(2)18(12(3)8-10)27(24,25)21-14-5-6-16-15(9-14)17(13(4)26-16)19(22)20-23;1-11-4-7-14(8-5-11)25(22,23)20-13-6-9-16-15(10-13)17(12(2)24-16)18(21)19-3;1-9-7-11(18)3-6-15(9)26(23,24)20-12-4-5-14-13(8-12)16(10(2)25-14)17(21)19-22;1-10-3-6-13(7-4-10)25(22,23)19-12-5-8-15-14(9-12)16(11(2)24-15)17(20)18-21/h5-9,21,23H,1-4H3,(H,20,22);4-10,20H,1-3H3,(H,19,21);3-8,20,22H,1-2H3,(H,19,21);3-9,19,21H,1-2H3,(H,18,20). The van der Waals surface area contributed by atoms with Crippen molar-refractivity contribution in [3.8, 4) is 0 Å². The Kier molecular flexibility index (Phi) is 22.4. The van der Waals surface area contributed by atoms with Gasteiger partial charge >= 0.3 is 0 Å². The minimum absolute atomic E-state index is 0.0595. The van der Waals surface area contributed by atoms with Gasteiger partial charge in [-0.1, -0.05) is 53.1 Å². The Bertz CT molecular complexity index is 5620. The van der Waals surface area contributed by atoms with Crippen molar-refractivity contribution in [1.82, 2.24) is 21.8 Å². The molecule has 538 valence electrons. The van der Waals surface area contributed by atoms with E-state index in [9.17, 15) is 57.2 Å². The molecule has 0 aliphatic rings. The number of halogens is 1. The molecule has 0 spiro atoms. The van der Waals surface area contributed by atoms with E-state index < -0.39 is 63.6 Å². The van der Waals surface area contributed by atoms with Crippen LogP contribution in [-0.2, 0) is 40.1 Å². The summed E-state index contributed by atoms with van der Waals surface area (Å²) in [5, 5.41) is 30.9. The van der Waals surface area contributed by atoms with Crippen molar-refractivity contribution in [1.29, 1.82) is 0 Å². The van der Waals surface area contributed by atoms with E-state index in [4.69, 9.17) is 33.3 Å². The molecule has 0 fully saturated rings. The molecule has 0 bridgehead atoms. The molecule has 27 nitrogen and oxygen atoms in total. The van der Waals surface area contributed by atoms with Crippen LogP contribution in [0.15, 0.2) is 189 Å². The normalized spacial score (nSPS) is 11.5. The number of furan rings is 4. The highest BCUT2D eigenvalue weighted by atomic mass is 32.2. The van der Waals surface area contributed by atoms with Crippen LogP contribution in [0.3, 0.4) is 0 Å². The summed E-state index contributed by atoms with van der Waals surface area (Å²) in [5.74, 6) is -1.64. The maximum absolute atomic E-state index is 13.2. The molecule has 0 atom stereocenters. The van der Waals surface area contributed by atoms with Crippen molar-refractivity contribution < 1.29 is 90.5 Å². The van der Waals surface area contributed by atoms with Gasteiger partial charge < -0.3 is 23.0 Å². The molecule has 32 heteroatoms. The zero-order valence-corrected chi connectivity index (χ0v) is 60.1. The van der Waals surface area contributed by atoms with Gasteiger partial charge in [0.25, 0.3) is 63.7 Å². The predicted octanol–water partition coefficient (Wildman–Crippen LogP) is 12.9. The molecule has 11 N–H and O–H groups in total. The van der Waals surface area contributed by atoms with Crippen LogP contribution in [0.4, 0.5) is 27.1 Å². The van der Waals surface area contributed by atoms with Crippen LogP contribution >= 0.6 is 0 Å². The number of sulfonamides is 4. The summed E-state index contributed by atoms with van der Waals surface area (Å²) in [6.07, 6.45) is 0. The first kappa shape index (κ1) is 75.8. The second-order valence-corrected chi connectivity index (χ2v) is 30.2. The molecule has 12 rings (SSSR count). The number of amides is 4. The summed E-state index contributed by atoms with van der Waals surface area (Å²) in [4.78, 5) is 48.0. The molecular formula is C71H69FN8O19S4. The lowest BCUT2D eigenvalue weighted by atomic mass is 10.1. The molecule has 103 heavy (non-hydrogen) atoms. The molecule has 4 heterocycles. The maximum atomic E-state index is 13.2. The fraction of sp³-hybridized carbons (Fsp3) is 0.155. The van der Waals surface area contributed by atoms with Crippen LogP contribution in [-0.4, -0.2) is 80.0 Å². The second kappa shape index (κ2) is 30.4. The molecule has 4 amide bonds. The molecule has 12 aromatic rings. The smallest absolute Gasteiger partial charge is 0.278 e. The third-order valence-corrected chi connectivity index (χ3v) is 21.9. The molecule has 0 unspecified atom stereocenters. The molecule has 0 aliphatic heterocycles. The van der Waals surface area contributed by atoms with Gasteiger partial charge in [0.1, 0.15) is 51.2 Å². The number of benzene rings is 8. The summed E-state index contributed by atoms with van der Waals surface area (Å²) in [7, 11) is -13.7. The maximum Gasteiger partial charge on any atom is 0.278 e. The Labute approximate surface area is 590 Å². The van der Waals surface area contributed by atoms with E-state index in [0.717, 1.165) is 28.8 Å². The Hall–Kier alpha value is -11.4. The van der Waals surface area contributed by atoms with Gasteiger partial charge in [0, 0.05) is 51.3 Å². The van der Waals surface area contributed by atoms with Crippen LogP contribution in [0.25, 0.3) is 43.9 Å². The highest BCUT2D eigenvalue weighted by Gasteiger charge is 2.27. The molecule has 0 saturated heterocycles. The van der Waals surface area contributed by atoms with E-state index in [-0.39, 0.29) is 70.6 Å². The lowest BCUT2D eigenvalue weighted by Gasteiger charge is -2.14. The van der Waals surface area contributed by atoms with Crippen molar-refractivity contribution in [2.75, 3.05) is 25.9 Å². The topological polar surface area (TPSA) is 414 Å². The van der Waals surface area contributed by atoms with E-state index in [1.165, 1.54) is 74.0 Å². The monoisotopic (exact) mass is 1480 g/mol. The van der Waals surface area contributed by atoms with Crippen LogP contribution < -0.4 is 40.6 Å². The van der Waals surface area contributed by atoms with E-state index in [2.05, 4.69) is 24.2 Å². The molecular weight excluding hydrogens is 1420 g/mol. The van der Waals surface area contributed by atoms with Gasteiger partial charge in [-0.2, -0.15) is 0 Å². The molecule has 0 radical (unpaired) electrons. The Morgan fingerprint density at radius 3 is 0.942 bits per heavy atom. The second-order valence-electron chi connectivity index (χ2n) is 23.6. The van der Waals surface area contributed by atoms with Gasteiger partial charge in [-0.05, 0) is 201 Å². The summed E-state index contributed by atoms with van der Waals surface area (Å²) in [6.45, 7) is 17.1. The number of carbonyl (C=O) groups is 4. The Morgan fingerprint density at radius 2 is 0.641 bits per heavy atom. The van der Waals surface area contributed by atoms with Crippen molar-refractivity contribution >= 4 is 130 Å². The highest BCUT2D eigenvalue weighted by Crippen LogP contribution is 2.35. The summed E-state index contributed by atoms with van der Waals surface area (Å²) >= 11 is 0. The number of carbonyl (C=O) groups excluding carboxylic acids is 4. The van der Waals surface area contributed by atoms with Crippen LogP contribution in [0.1, 0.15) is 97.9 Å². The van der Waals surface area contributed by atoms with Gasteiger partial charge in [0.15, 0.2) is 0 Å². The van der Waals surface area contributed by atoms with E-state index >= 15 is 0 Å². The van der Waals surface area contributed by atoms with E-state index in [0.29, 0.717) is 83.5 Å². The first-order chi connectivity index (χ1) is 48.5. The first-order valence-electron chi connectivity index (χ1n) is 30.8. The van der Waals surface area contributed by atoms with E-state index in [1.807, 2.05) is 32.9 Å². The highest BCUT2D eigenvalue weighted by molar-refractivity contribution is 7.93. The zero-order chi connectivity index (χ0) is 75.4. The van der Waals surface area contributed by atoms with Gasteiger partial charge in [0.2, 0.25) is 0 Å². The summed E-state index contributed by atoms with van der Waals surface area (Å²) in [5.41, 5.74) is 12.8. The number of hydrogen-bond acceptors (Lipinski definition) is 19. The SMILES string of the molecule is CNC(=O)c1c(C)oc2ccc(NS(=O)(=O)c3ccc(C)cc3)cc12.Cc1cc(C)c(S(=O)(=O)Nc2ccc3oc(C)c(C(=O)NO)c3c2)c(C)c1.Cc1cc(F)ccc1S(=O)(=O)Nc1ccc2oc(C)c(C(=O)NO)c2c1.Cc1ccc(S(=O)(=O)Nc2ccc3oc(C)c(C(=O)NO)c3c2)cc1. The third kappa shape index (κ3) is 16.8. The summed E-state index contributed by atoms with van der Waals surface area (Å²) < 4.78 is 146. The minimum atomic E-state index is -3.96. The molecule has 0 aliphatic carbocycles. The van der Waals surface area contributed by atoms with Gasteiger partial charge in [-0.3, -0.25) is 53.7 Å². The number of nitrogens with one attached hydrogen (secondary N) is 8. The number of rotatable bonds is 16. The Morgan fingerprint density at radius 1 is 0.340 bits per heavy atom. The van der Waals surface area contributed by atoms with Crippen molar-refractivity contribution in [2.45, 2.75) is 88.8 Å². The van der Waals surface area contributed by atoms with Crippen LogP contribution in [0.2, 0.25) is 0 Å². The number of hydroxylamine groups is 3. The quantitative estimate of drug-likeness (QED) is 0.0316. The lowest BCUT2D eigenvalue weighted by molar-refractivity contribution is 0.0701. The summed E-state index contributed by atoms with van der Waals surface area (Å²) in [6, 6.07) is 38.5. The van der Waals surface area contributed by atoms with Gasteiger partial charge in [0.05, 0.1) is 41.8 Å². The van der Waals surface area contributed by atoms with Crippen molar-refractivity contribution in [3.63, 3.8) is 0 Å². The fourth-order valence-electron chi connectivity index (χ4n) is 11.3. The molecule has 4 aromatic heterocycles. The predicted molar refractivity (Wildman–Crippen MR) is 382 cm³/mol. The first-order valence-corrected chi connectivity index (χ1v) is 36.7. The van der Waals surface area contributed by atoms with Crippen molar-refractivity contribution in [3.05, 3.63) is 236 Å². The zero-order valence-electron chi connectivity index (χ0n) is 56.8. The Balaban J connectivity index is 0.000000160. The average Bonchev–Trinajstić information content (AvgIpc) is 1.74. The average molecular weight is 1490 g/mol. The van der Waals surface area contributed by atoms with Gasteiger partial charge in [-0.15, -0.1) is 0 Å². The van der Waals surface area contributed by atoms with Gasteiger partial charge in [-0.25, -0.2) is 54.5 Å². The van der Waals surface area contributed by atoms with Crippen LogP contribution in [0.5, 0.6) is 0 Å².